The first-order chi connectivity index (χ1) is 14.2. The summed E-state index contributed by atoms with van der Waals surface area (Å²) in [5, 5.41) is 6.75. The number of aliphatic imine (C=N–C) groups is 1. The predicted octanol–water partition coefficient (Wildman–Crippen LogP) is 3.33. The van der Waals surface area contributed by atoms with Crippen molar-refractivity contribution in [2.45, 2.75) is 19.3 Å². The minimum atomic E-state index is 0.750. The van der Waals surface area contributed by atoms with Gasteiger partial charge < -0.3 is 25.0 Å². The molecule has 0 amide bonds. The number of hydrogen-bond acceptors (Lipinski definition) is 4. The Bertz CT molecular complexity index is 750. The van der Waals surface area contributed by atoms with Crippen LogP contribution >= 0.6 is 0 Å². The monoisotopic (exact) mass is 398 g/mol. The number of hydrogen-bond donors (Lipinski definition) is 2. The van der Waals surface area contributed by atoms with Crippen LogP contribution in [-0.4, -0.2) is 53.9 Å². The van der Waals surface area contributed by atoms with E-state index >= 15 is 0 Å². The SMILES string of the molecule is CN=C(NCCCCN(C)c1ccccc1)NCCc1ccc(OC)c(OC)c1. The fourth-order valence-electron chi connectivity index (χ4n) is 3.07. The van der Waals surface area contributed by atoms with Gasteiger partial charge >= 0.3 is 0 Å². The molecule has 0 aliphatic heterocycles. The van der Waals surface area contributed by atoms with Crippen LogP contribution in [0.4, 0.5) is 5.69 Å². The molecule has 0 aliphatic carbocycles. The van der Waals surface area contributed by atoms with Crippen LogP contribution in [0.25, 0.3) is 0 Å². The zero-order chi connectivity index (χ0) is 20.9. The van der Waals surface area contributed by atoms with E-state index in [2.05, 4.69) is 57.9 Å². The number of rotatable bonds is 11. The fraction of sp³-hybridized carbons (Fsp3) is 0.435. The molecule has 0 unspecified atom stereocenters. The van der Waals surface area contributed by atoms with Gasteiger partial charge in [0.2, 0.25) is 0 Å². The summed E-state index contributed by atoms with van der Waals surface area (Å²) in [5.74, 6) is 2.34. The van der Waals surface area contributed by atoms with E-state index in [1.165, 1.54) is 11.3 Å². The van der Waals surface area contributed by atoms with Crippen molar-refractivity contribution < 1.29 is 9.47 Å². The average molecular weight is 399 g/mol. The summed E-state index contributed by atoms with van der Waals surface area (Å²) in [5.41, 5.74) is 2.45. The van der Waals surface area contributed by atoms with Crippen LogP contribution in [0.5, 0.6) is 11.5 Å². The van der Waals surface area contributed by atoms with E-state index in [1.807, 2.05) is 18.2 Å². The number of nitrogens with zero attached hydrogens (tertiary/aromatic N) is 2. The van der Waals surface area contributed by atoms with Crippen LogP contribution in [0.15, 0.2) is 53.5 Å². The van der Waals surface area contributed by atoms with Gasteiger partial charge in [-0.1, -0.05) is 24.3 Å². The van der Waals surface area contributed by atoms with Crippen molar-refractivity contribution in [1.82, 2.24) is 10.6 Å². The molecule has 0 saturated carbocycles. The number of nitrogens with one attached hydrogen (secondary N) is 2. The first-order valence-electron chi connectivity index (χ1n) is 10.1. The Morgan fingerprint density at radius 1 is 0.931 bits per heavy atom. The highest BCUT2D eigenvalue weighted by atomic mass is 16.5. The number of guanidine groups is 1. The van der Waals surface area contributed by atoms with Crippen LogP contribution in [0.2, 0.25) is 0 Å². The van der Waals surface area contributed by atoms with Gasteiger partial charge in [-0.3, -0.25) is 4.99 Å². The van der Waals surface area contributed by atoms with Crippen molar-refractivity contribution in [2.75, 3.05) is 52.8 Å². The molecule has 0 bridgehead atoms. The summed E-state index contributed by atoms with van der Waals surface area (Å²) in [6.07, 6.45) is 3.09. The van der Waals surface area contributed by atoms with Gasteiger partial charge in [0.15, 0.2) is 17.5 Å². The first kappa shape index (κ1) is 22.4. The van der Waals surface area contributed by atoms with Crippen molar-refractivity contribution in [3.05, 3.63) is 54.1 Å². The molecule has 2 N–H and O–H groups in total. The van der Waals surface area contributed by atoms with Gasteiger partial charge in [-0.05, 0) is 49.1 Å². The van der Waals surface area contributed by atoms with Crippen LogP contribution in [0.1, 0.15) is 18.4 Å². The minimum absolute atomic E-state index is 0.750. The van der Waals surface area contributed by atoms with Crippen LogP contribution in [-0.2, 0) is 6.42 Å². The molecule has 158 valence electrons. The zero-order valence-corrected chi connectivity index (χ0v) is 18.1. The molecular weight excluding hydrogens is 364 g/mol. The number of para-hydroxylation sites is 1. The van der Waals surface area contributed by atoms with Gasteiger partial charge in [-0.15, -0.1) is 0 Å². The third kappa shape index (κ3) is 7.56. The molecule has 2 rings (SSSR count). The minimum Gasteiger partial charge on any atom is -0.493 e. The lowest BCUT2D eigenvalue weighted by Gasteiger charge is -2.19. The molecule has 6 heteroatoms. The first-order valence-corrected chi connectivity index (χ1v) is 10.1. The van der Waals surface area contributed by atoms with E-state index in [4.69, 9.17) is 9.47 Å². The standard InChI is InChI=1S/C23H34N4O2/c1-24-23(25-15-8-9-17-27(2)20-10-6-5-7-11-20)26-16-14-19-12-13-21(28-3)22(18-19)29-4/h5-7,10-13,18H,8-9,14-17H2,1-4H3,(H2,24,25,26). The van der Waals surface area contributed by atoms with Crippen LogP contribution in [0.3, 0.4) is 0 Å². The highest BCUT2D eigenvalue weighted by Gasteiger charge is 2.05. The number of anilines is 1. The maximum atomic E-state index is 5.36. The van der Waals surface area contributed by atoms with Crippen molar-refractivity contribution in [2.24, 2.45) is 4.99 Å². The summed E-state index contributed by atoms with van der Waals surface area (Å²) < 4.78 is 10.6. The Morgan fingerprint density at radius 3 is 2.34 bits per heavy atom. The molecule has 0 spiro atoms. The number of ether oxygens (including phenoxy) is 2. The summed E-state index contributed by atoms with van der Waals surface area (Å²) in [6, 6.07) is 16.5. The topological polar surface area (TPSA) is 58.1 Å². The molecule has 0 aliphatic rings. The maximum absolute atomic E-state index is 5.36. The fourth-order valence-corrected chi connectivity index (χ4v) is 3.07. The second kappa shape index (κ2) is 12.5. The van der Waals surface area contributed by atoms with Gasteiger partial charge in [0, 0.05) is 39.4 Å². The summed E-state index contributed by atoms with van der Waals surface area (Å²) in [6.45, 7) is 2.74. The Morgan fingerprint density at radius 2 is 1.66 bits per heavy atom. The Hall–Kier alpha value is -2.89. The molecule has 2 aromatic rings. The highest BCUT2D eigenvalue weighted by molar-refractivity contribution is 5.79. The molecule has 0 radical (unpaired) electrons. The number of methoxy groups -OCH3 is 2. The van der Waals surface area contributed by atoms with E-state index in [9.17, 15) is 0 Å². The lowest BCUT2D eigenvalue weighted by molar-refractivity contribution is 0.354. The molecule has 2 aromatic carbocycles. The summed E-state index contributed by atoms with van der Waals surface area (Å²) in [7, 11) is 7.24. The Kier molecular flexibility index (Phi) is 9.69. The van der Waals surface area contributed by atoms with Gasteiger partial charge in [-0.25, -0.2) is 0 Å². The lowest BCUT2D eigenvalue weighted by Crippen LogP contribution is -2.38. The van der Waals surface area contributed by atoms with Crippen LogP contribution in [0, 0.1) is 0 Å². The molecule has 0 heterocycles. The maximum Gasteiger partial charge on any atom is 0.190 e. The molecule has 0 fully saturated rings. The molecule has 6 nitrogen and oxygen atoms in total. The zero-order valence-electron chi connectivity index (χ0n) is 18.1. The largest absolute Gasteiger partial charge is 0.493 e. The smallest absolute Gasteiger partial charge is 0.190 e. The van der Waals surface area contributed by atoms with Gasteiger partial charge in [0.25, 0.3) is 0 Å². The van der Waals surface area contributed by atoms with Crippen molar-refractivity contribution in [3.8, 4) is 11.5 Å². The molecule has 29 heavy (non-hydrogen) atoms. The van der Waals surface area contributed by atoms with Gasteiger partial charge in [0.1, 0.15) is 0 Å². The second-order valence-corrected chi connectivity index (χ2v) is 6.83. The third-order valence-electron chi connectivity index (χ3n) is 4.79. The van der Waals surface area contributed by atoms with E-state index in [0.717, 1.165) is 56.4 Å². The Labute approximate surface area is 174 Å². The van der Waals surface area contributed by atoms with Gasteiger partial charge in [0.05, 0.1) is 14.2 Å². The highest BCUT2D eigenvalue weighted by Crippen LogP contribution is 2.27. The van der Waals surface area contributed by atoms with Crippen molar-refractivity contribution in [3.63, 3.8) is 0 Å². The molecule has 0 aromatic heterocycles. The third-order valence-corrected chi connectivity index (χ3v) is 4.79. The van der Waals surface area contributed by atoms with Crippen molar-refractivity contribution >= 4 is 11.6 Å². The quantitative estimate of drug-likeness (QED) is 0.345. The normalized spacial score (nSPS) is 11.1. The molecule has 0 saturated heterocycles. The molecular formula is C23H34N4O2. The average Bonchev–Trinajstić information content (AvgIpc) is 2.77. The second-order valence-electron chi connectivity index (χ2n) is 6.83. The summed E-state index contributed by atoms with van der Waals surface area (Å²) in [4.78, 5) is 6.59. The predicted molar refractivity (Wildman–Crippen MR) is 122 cm³/mol. The van der Waals surface area contributed by atoms with Gasteiger partial charge in [-0.2, -0.15) is 0 Å². The van der Waals surface area contributed by atoms with E-state index in [1.54, 1.807) is 21.3 Å². The summed E-state index contributed by atoms with van der Waals surface area (Å²) >= 11 is 0. The number of benzene rings is 2. The van der Waals surface area contributed by atoms with E-state index in [-0.39, 0.29) is 0 Å². The van der Waals surface area contributed by atoms with Crippen LogP contribution < -0.4 is 25.0 Å². The lowest BCUT2D eigenvalue weighted by atomic mass is 10.1. The molecule has 0 atom stereocenters. The number of unbranched alkanes of at least 4 members (excludes halogenated alkanes) is 1. The van der Waals surface area contributed by atoms with Crippen molar-refractivity contribution in [1.29, 1.82) is 0 Å². The Balaban J connectivity index is 1.64. The van der Waals surface area contributed by atoms with E-state index in [0.29, 0.717) is 0 Å². The van der Waals surface area contributed by atoms with E-state index < -0.39 is 0 Å².